The van der Waals surface area contributed by atoms with Crippen molar-refractivity contribution in [3.8, 4) is 0 Å². The van der Waals surface area contributed by atoms with Gasteiger partial charge in [0.25, 0.3) is 0 Å². The molecule has 3 heteroatoms. The van der Waals surface area contributed by atoms with Crippen LogP contribution in [0.25, 0.3) is 0 Å². The van der Waals surface area contributed by atoms with Crippen molar-refractivity contribution < 1.29 is 9.50 Å². The standard InChI is InChI=1S/C15H21FO.ClH/c1-2-4-11-7-8-13(9-11)15(17)12-5-3-6-14(16)10-12;/h3,5-6,10-11,13,15,17H,2,4,7-9H2,1H3;1H/t11-,13+,15+;/m0./s1. The summed E-state index contributed by atoms with van der Waals surface area (Å²) in [6.07, 6.45) is 5.35. The largest absolute Gasteiger partial charge is 0.388 e. The zero-order valence-corrected chi connectivity index (χ0v) is 11.6. The minimum Gasteiger partial charge on any atom is -0.388 e. The lowest BCUT2D eigenvalue weighted by Crippen LogP contribution is -2.10. The van der Waals surface area contributed by atoms with E-state index >= 15 is 0 Å². The molecular weight excluding hydrogens is 251 g/mol. The first-order chi connectivity index (χ1) is 8.20. The number of rotatable bonds is 4. The lowest BCUT2D eigenvalue weighted by Gasteiger charge is -2.18. The molecule has 1 nitrogen and oxygen atoms in total. The third kappa shape index (κ3) is 3.69. The number of aliphatic hydroxyl groups excluding tert-OH is 1. The van der Waals surface area contributed by atoms with Crippen LogP contribution in [0.2, 0.25) is 0 Å². The number of halogens is 2. The SMILES string of the molecule is CCC[C@H]1CC[C@@H]([C@H](O)c2cccc(F)c2)C1.Cl. The molecule has 0 unspecified atom stereocenters. The fourth-order valence-corrected chi connectivity index (χ4v) is 3.03. The Bertz CT molecular complexity index is 369. The summed E-state index contributed by atoms with van der Waals surface area (Å²) in [6, 6.07) is 6.37. The number of hydrogen-bond acceptors (Lipinski definition) is 1. The van der Waals surface area contributed by atoms with Crippen LogP contribution in [-0.2, 0) is 0 Å². The molecule has 0 saturated heterocycles. The van der Waals surface area contributed by atoms with E-state index in [-0.39, 0.29) is 18.2 Å². The minimum absolute atomic E-state index is 0. The van der Waals surface area contributed by atoms with Crippen molar-refractivity contribution in [2.45, 2.75) is 45.1 Å². The third-order valence-electron chi connectivity index (χ3n) is 3.92. The highest BCUT2D eigenvalue weighted by molar-refractivity contribution is 5.85. The van der Waals surface area contributed by atoms with Crippen LogP contribution in [-0.4, -0.2) is 5.11 Å². The predicted octanol–water partition coefficient (Wildman–Crippen LogP) is 4.50. The molecule has 0 radical (unpaired) electrons. The summed E-state index contributed by atoms with van der Waals surface area (Å²) in [4.78, 5) is 0. The monoisotopic (exact) mass is 272 g/mol. The summed E-state index contributed by atoms with van der Waals surface area (Å²) in [5.74, 6) is 0.811. The van der Waals surface area contributed by atoms with Crippen LogP contribution in [0.15, 0.2) is 24.3 Å². The normalized spacial score (nSPS) is 24.6. The molecule has 1 saturated carbocycles. The quantitative estimate of drug-likeness (QED) is 0.856. The third-order valence-corrected chi connectivity index (χ3v) is 3.92. The van der Waals surface area contributed by atoms with Gasteiger partial charge in [0.1, 0.15) is 5.82 Å². The fraction of sp³-hybridized carbons (Fsp3) is 0.600. The Morgan fingerprint density at radius 2 is 2.17 bits per heavy atom. The van der Waals surface area contributed by atoms with Crippen LogP contribution in [0.1, 0.15) is 50.7 Å². The van der Waals surface area contributed by atoms with Gasteiger partial charge in [-0.1, -0.05) is 38.3 Å². The molecule has 18 heavy (non-hydrogen) atoms. The molecule has 1 aromatic rings. The first-order valence-corrected chi connectivity index (χ1v) is 6.64. The van der Waals surface area contributed by atoms with Gasteiger partial charge in [0.15, 0.2) is 0 Å². The summed E-state index contributed by atoms with van der Waals surface area (Å²) in [5, 5.41) is 10.3. The molecule has 1 aliphatic rings. The van der Waals surface area contributed by atoms with E-state index in [9.17, 15) is 9.50 Å². The molecular formula is C15H22ClFO. The van der Waals surface area contributed by atoms with Gasteiger partial charge >= 0.3 is 0 Å². The maximum atomic E-state index is 13.1. The second kappa shape index (κ2) is 7.10. The van der Waals surface area contributed by atoms with E-state index in [1.54, 1.807) is 6.07 Å². The zero-order valence-electron chi connectivity index (χ0n) is 10.8. The van der Waals surface area contributed by atoms with E-state index in [1.165, 1.54) is 31.4 Å². The topological polar surface area (TPSA) is 20.2 Å². The predicted molar refractivity (Wildman–Crippen MR) is 74.3 cm³/mol. The van der Waals surface area contributed by atoms with Gasteiger partial charge in [-0.15, -0.1) is 12.4 Å². The average molecular weight is 273 g/mol. The zero-order chi connectivity index (χ0) is 12.3. The van der Waals surface area contributed by atoms with Crippen molar-refractivity contribution >= 4 is 12.4 Å². The molecule has 0 heterocycles. The fourth-order valence-electron chi connectivity index (χ4n) is 3.03. The summed E-state index contributed by atoms with van der Waals surface area (Å²) in [5.41, 5.74) is 0.729. The Morgan fingerprint density at radius 1 is 1.39 bits per heavy atom. The van der Waals surface area contributed by atoms with Crippen LogP contribution in [0.5, 0.6) is 0 Å². The van der Waals surface area contributed by atoms with Crippen molar-refractivity contribution in [3.63, 3.8) is 0 Å². The van der Waals surface area contributed by atoms with E-state index in [2.05, 4.69) is 6.92 Å². The van der Waals surface area contributed by atoms with Crippen LogP contribution in [0.3, 0.4) is 0 Å². The van der Waals surface area contributed by atoms with Gasteiger partial charge in [-0.2, -0.15) is 0 Å². The summed E-state index contributed by atoms with van der Waals surface area (Å²) in [6.45, 7) is 2.20. The van der Waals surface area contributed by atoms with E-state index in [0.717, 1.165) is 24.3 Å². The lowest BCUT2D eigenvalue weighted by molar-refractivity contribution is 0.108. The Kier molecular flexibility index (Phi) is 6.10. The Labute approximate surface area is 115 Å². The molecule has 3 atom stereocenters. The van der Waals surface area contributed by atoms with E-state index in [4.69, 9.17) is 0 Å². The molecule has 0 amide bonds. The first-order valence-electron chi connectivity index (χ1n) is 6.64. The molecule has 1 N–H and O–H groups in total. The Morgan fingerprint density at radius 3 is 2.83 bits per heavy atom. The van der Waals surface area contributed by atoms with Crippen LogP contribution < -0.4 is 0 Å². The number of hydrogen-bond donors (Lipinski definition) is 1. The number of benzene rings is 1. The van der Waals surface area contributed by atoms with Crippen LogP contribution in [0, 0.1) is 17.7 Å². The van der Waals surface area contributed by atoms with Crippen LogP contribution in [0.4, 0.5) is 4.39 Å². The molecule has 0 bridgehead atoms. The van der Waals surface area contributed by atoms with E-state index in [0.29, 0.717) is 5.92 Å². The molecule has 0 aliphatic heterocycles. The molecule has 2 rings (SSSR count). The smallest absolute Gasteiger partial charge is 0.123 e. The highest BCUT2D eigenvalue weighted by Crippen LogP contribution is 2.40. The summed E-state index contributed by atoms with van der Waals surface area (Å²) >= 11 is 0. The Balaban J connectivity index is 0.00000162. The average Bonchev–Trinajstić information content (AvgIpc) is 2.77. The molecule has 0 spiro atoms. The summed E-state index contributed by atoms with van der Waals surface area (Å²) in [7, 11) is 0. The van der Waals surface area contributed by atoms with Crippen molar-refractivity contribution in [2.75, 3.05) is 0 Å². The van der Waals surface area contributed by atoms with Gasteiger partial charge in [0.05, 0.1) is 6.10 Å². The molecule has 1 fully saturated rings. The van der Waals surface area contributed by atoms with Crippen molar-refractivity contribution in [3.05, 3.63) is 35.6 Å². The number of aliphatic hydroxyl groups is 1. The van der Waals surface area contributed by atoms with E-state index < -0.39 is 6.10 Å². The highest BCUT2D eigenvalue weighted by Gasteiger charge is 2.30. The second-order valence-electron chi connectivity index (χ2n) is 5.23. The van der Waals surface area contributed by atoms with E-state index in [1.807, 2.05) is 6.07 Å². The van der Waals surface area contributed by atoms with Crippen molar-refractivity contribution in [2.24, 2.45) is 11.8 Å². The maximum absolute atomic E-state index is 13.1. The van der Waals surface area contributed by atoms with Gasteiger partial charge < -0.3 is 5.11 Å². The van der Waals surface area contributed by atoms with Gasteiger partial charge in [-0.3, -0.25) is 0 Å². The highest BCUT2D eigenvalue weighted by atomic mass is 35.5. The minimum atomic E-state index is -0.493. The molecule has 102 valence electrons. The van der Waals surface area contributed by atoms with Gasteiger partial charge in [0, 0.05) is 0 Å². The van der Waals surface area contributed by atoms with Gasteiger partial charge in [-0.05, 0) is 42.4 Å². The van der Waals surface area contributed by atoms with Gasteiger partial charge in [0.2, 0.25) is 0 Å². The second-order valence-corrected chi connectivity index (χ2v) is 5.23. The molecule has 1 aliphatic carbocycles. The maximum Gasteiger partial charge on any atom is 0.123 e. The van der Waals surface area contributed by atoms with Crippen molar-refractivity contribution in [1.82, 2.24) is 0 Å². The van der Waals surface area contributed by atoms with Crippen LogP contribution >= 0.6 is 12.4 Å². The lowest BCUT2D eigenvalue weighted by atomic mass is 9.92. The Hall–Kier alpha value is -0.600. The molecule has 0 aromatic heterocycles. The summed E-state index contributed by atoms with van der Waals surface area (Å²) < 4.78 is 13.1. The van der Waals surface area contributed by atoms with Crippen molar-refractivity contribution in [1.29, 1.82) is 0 Å². The molecule has 1 aromatic carbocycles. The first kappa shape index (κ1) is 15.5. The van der Waals surface area contributed by atoms with Gasteiger partial charge in [-0.25, -0.2) is 4.39 Å².